The number of hydrogen-bond acceptors (Lipinski definition) is 4. The third-order valence-corrected chi connectivity index (χ3v) is 3.82. The van der Waals surface area contributed by atoms with E-state index in [1.165, 1.54) is 6.07 Å². The van der Waals surface area contributed by atoms with Crippen molar-refractivity contribution in [1.29, 1.82) is 0 Å². The van der Waals surface area contributed by atoms with E-state index in [9.17, 15) is 10.1 Å². The van der Waals surface area contributed by atoms with Crippen LogP contribution in [0, 0.1) is 10.1 Å². The number of rotatable bonds is 6. The van der Waals surface area contributed by atoms with Gasteiger partial charge in [0.25, 0.3) is 5.69 Å². The Labute approximate surface area is 131 Å². The lowest BCUT2D eigenvalue weighted by Gasteiger charge is -2.10. The number of ether oxygens (including phenoxy) is 1. The number of anilines is 1. The number of hydrogen-bond donors (Lipinski definition) is 1. The lowest BCUT2D eigenvalue weighted by atomic mass is 10.1. The molecule has 1 N–H and O–H groups in total. The molecule has 2 rings (SSSR count). The SMILES string of the molecule is CNc1c(COCc2ccccc2Br)cccc1[N+](=O)[O-]. The van der Waals surface area contributed by atoms with Crippen LogP contribution < -0.4 is 5.32 Å². The summed E-state index contributed by atoms with van der Waals surface area (Å²) in [6, 6.07) is 12.8. The molecule has 0 spiro atoms. The maximum atomic E-state index is 11.0. The van der Waals surface area contributed by atoms with Crippen molar-refractivity contribution in [3.63, 3.8) is 0 Å². The highest BCUT2D eigenvalue weighted by Crippen LogP contribution is 2.28. The monoisotopic (exact) mass is 350 g/mol. The maximum absolute atomic E-state index is 11.0. The summed E-state index contributed by atoms with van der Waals surface area (Å²) in [5.41, 5.74) is 2.35. The summed E-state index contributed by atoms with van der Waals surface area (Å²) in [5.74, 6) is 0. The van der Waals surface area contributed by atoms with Crippen molar-refractivity contribution in [3.8, 4) is 0 Å². The van der Waals surface area contributed by atoms with Crippen LogP contribution in [0.2, 0.25) is 0 Å². The maximum Gasteiger partial charge on any atom is 0.292 e. The average molecular weight is 351 g/mol. The molecule has 2 aromatic carbocycles. The zero-order valence-electron chi connectivity index (χ0n) is 11.5. The van der Waals surface area contributed by atoms with Crippen molar-refractivity contribution in [1.82, 2.24) is 0 Å². The molecule has 5 nitrogen and oxygen atoms in total. The van der Waals surface area contributed by atoms with Crippen LogP contribution in [0.25, 0.3) is 0 Å². The third-order valence-electron chi connectivity index (χ3n) is 3.05. The predicted octanol–water partition coefficient (Wildman–Crippen LogP) is 4.12. The molecule has 0 fully saturated rings. The second-order valence-corrected chi connectivity index (χ2v) is 5.26. The normalized spacial score (nSPS) is 10.4. The molecule has 0 aliphatic carbocycles. The summed E-state index contributed by atoms with van der Waals surface area (Å²) in [5, 5.41) is 13.9. The zero-order valence-corrected chi connectivity index (χ0v) is 13.1. The first-order valence-electron chi connectivity index (χ1n) is 6.38. The molecule has 2 aromatic rings. The minimum atomic E-state index is -0.400. The number of nitro groups is 1. The number of nitro benzene ring substituents is 1. The van der Waals surface area contributed by atoms with Gasteiger partial charge in [0, 0.05) is 23.2 Å². The van der Waals surface area contributed by atoms with E-state index in [4.69, 9.17) is 4.74 Å². The van der Waals surface area contributed by atoms with Crippen molar-refractivity contribution in [2.75, 3.05) is 12.4 Å². The summed E-state index contributed by atoms with van der Waals surface area (Å²) in [6.45, 7) is 0.743. The first-order chi connectivity index (χ1) is 10.1. The highest BCUT2D eigenvalue weighted by Gasteiger charge is 2.16. The van der Waals surface area contributed by atoms with Crippen molar-refractivity contribution in [3.05, 3.63) is 68.2 Å². The third kappa shape index (κ3) is 3.80. The predicted molar refractivity (Wildman–Crippen MR) is 85.3 cm³/mol. The van der Waals surface area contributed by atoms with Gasteiger partial charge in [-0.05, 0) is 11.6 Å². The molecule has 0 saturated heterocycles. The van der Waals surface area contributed by atoms with Gasteiger partial charge in [0.05, 0.1) is 18.1 Å². The second-order valence-electron chi connectivity index (χ2n) is 4.40. The number of para-hydroxylation sites is 1. The Morgan fingerprint density at radius 2 is 1.81 bits per heavy atom. The van der Waals surface area contributed by atoms with Crippen LogP contribution in [0.5, 0.6) is 0 Å². The Bertz CT molecular complexity index is 647. The lowest BCUT2D eigenvalue weighted by molar-refractivity contribution is -0.384. The van der Waals surface area contributed by atoms with Crippen molar-refractivity contribution < 1.29 is 9.66 Å². The van der Waals surface area contributed by atoms with E-state index in [1.807, 2.05) is 30.3 Å². The summed E-state index contributed by atoms with van der Waals surface area (Å²) in [7, 11) is 1.67. The summed E-state index contributed by atoms with van der Waals surface area (Å²) < 4.78 is 6.66. The quantitative estimate of drug-likeness (QED) is 0.628. The fraction of sp³-hybridized carbons (Fsp3) is 0.200. The van der Waals surface area contributed by atoms with Crippen molar-refractivity contribution in [2.24, 2.45) is 0 Å². The van der Waals surface area contributed by atoms with Gasteiger partial charge in [0.15, 0.2) is 0 Å². The first kappa shape index (κ1) is 15.5. The Balaban J connectivity index is 2.08. The fourth-order valence-corrected chi connectivity index (χ4v) is 2.43. The first-order valence-corrected chi connectivity index (χ1v) is 7.18. The molecule has 0 aliphatic heterocycles. The minimum Gasteiger partial charge on any atom is -0.382 e. The molecule has 0 bridgehead atoms. The van der Waals surface area contributed by atoms with Crippen LogP contribution in [0.1, 0.15) is 11.1 Å². The zero-order chi connectivity index (χ0) is 15.2. The summed E-state index contributed by atoms with van der Waals surface area (Å²) in [6.07, 6.45) is 0. The highest BCUT2D eigenvalue weighted by atomic mass is 79.9. The highest BCUT2D eigenvalue weighted by molar-refractivity contribution is 9.10. The van der Waals surface area contributed by atoms with Crippen LogP contribution in [-0.4, -0.2) is 12.0 Å². The van der Waals surface area contributed by atoms with Crippen LogP contribution in [0.15, 0.2) is 46.9 Å². The number of nitrogens with zero attached hydrogens (tertiary/aromatic N) is 1. The molecule has 0 radical (unpaired) electrons. The summed E-state index contributed by atoms with van der Waals surface area (Å²) >= 11 is 3.46. The standard InChI is InChI=1S/C15H15BrN2O3/c1-17-15-12(6-4-8-14(15)18(19)20)10-21-9-11-5-2-3-7-13(11)16/h2-8,17H,9-10H2,1H3. The van der Waals surface area contributed by atoms with Gasteiger partial charge in [0.2, 0.25) is 0 Å². The van der Waals surface area contributed by atoms with E-state index in [1.54, 1.807) is 13.1 Å². The van der Waals surface area contributed by atoms with Gasteiger partial charge < -0.3 is 10.1 Å². The Kier molecular flexibility index (Phi) is 5.30. The second kappa shape index (κ2) is 7.19. The molecular weight excluding hydrogens is 336 g/mol. The molecule has 0 heterocycles. The molecule has 21 heavy (non-hydrogen) atoms. The topological polar surface area (TPSA) is 64.4 Å². The Morgan fingerprint density at radius 1 is 1.14 bits per heavy atom. The van der Waals surface area contributed by atoms with Crippen LogP contribution in [-0.2, 0) is 18.0 Å². The van der Waals surface area contributed by atoms with Gasteiger partial charge in [0.1, 0.15) is 5.69 Å². The Hall–Kier alpha value is -1.92. The van der Waals surface area contributed by atoms with E-state index in [2.05, 4.69) is 21.2 Å². The van der Waals surface area contributed by atoms with Crippen molar-refractivity contribution in [2.45, 2.75) is 13.2 Å². The molecule has 0 unspecified atom stereocenters. The van der Waals surface area contributed by atoms with E-state index in [-0.39, 0.29) is 5.69 Å². The lowest BCUT2D eigenvalue weighted by Crippen LogP contribution is -2.03. The molecule has 0 amide bonds. The average Bonchev–Trinajstić information content (AvgIpc) is 2.48. The van der Waals surface area contributed by atoms with Gasteiger partial charge in [-0.3, -0.25) is 10.1 Å². The number of nitrogens with one attached hydrogen (secondary N) is 1. The van der Waals surface area contributed by atoms with Crippen LogP contribution in [0.3, 0.4) is 0 Å². The van der Waals surface area contributed by atoms with Gasteiger partial charge in [-0.25, -0.2) is 0 Å². The molecule has 0 atom stereocenters. The van der Waals surface area contributed by atoms with Gasteiger partial charge in [-0.15, -0.1) is 0 Å². The van der Waals surface area contributed by atoms with Crippen LogP contribution >= 0.6 is 15.9 Å². The van der Waals surface area contributed by atoms with E-state index in [0.29, 0.717) is 18.9 Å². The molecule has 0 aromatic heterocycles. The molecular formula is C15H15BrN2O3. The smallest absolute Gasteiger partial charge is 0.292 e. The number of halogens is 1. The van der Waals surface area contributed by atoms with Gasteiger partial charge in [-0.2, -0.15) is 0 Å². The summed E-state index contributed by atoms with van der Waals surface area (Å²) in [4.78, 5) is 10.6. The number of benzene rings is 2. The molecule has 6 heteroatoms. The molecule has 0 aliphatic rings. The van der Waals surface area contributed by atoms with Gasteiger partial charge >= 0.3 is 0 Å². The molecule has 110 valence electrons. The van der Waals surface area contributed by atoms with E-state index >= 15 is 0 Å². The van der Waals surface area contributed by atoms with Crippen LogP contribution in [0.4, 0.5) is 11.4 Å². The van der Waals surface area contributed by atoms with E-state index in [0.717, 1.165) is 15.6 Å². The Morgan fingerprint density at radius 3 is 2.48 bits per heavy atom. The van der Waals surface area contributed by atoms with Gasteiger partial charge in [-0.1, -0.05) is 46.3 Å². The minimum absolute atomic E-state index is 0.0551. The largest absolute Gasteiger partial charge is 0.382 e. The van der Waals surface area contributed by atoms with Crippen molar-refractivity contribution >= 4 is 27.3 Å². The molecule has 0 saturated carbocycles. The fourth-order valence-electron chi connectivity index (χ4n) is 2.03. The van der Waals surface area contributed by atoms with E-state index < -0.39 is 4.92 Å².